The van der Waals surface area contributed by atoms with Gasteiger partial charge in [0.25, 0.3) is 5.56 Å². The summed E-state index contributed by atoms with van der Waals surface area (Å²) >= 11 is 0. The molecule has 2 saturated carbocycles. The van der Waals surface area contributed by atoms with Gasteiger partial charge in [0.2, 0.25) is 5.91 Å². The Morgan fingerprint density at radius 3 is 2.82 bits per heavy atom. The van der Waals surface area contributed by atoms with Gasteiger partial charge in [-0.25, -0.2) is 4.68 Å². The minimum absolute atomic E-state index is 0.0958. The summed E-state index contributed by atoms with van der Waals surface area (Å²) in [5.41, 5.74) is 0.908. The van der Waals surface area contributed by atoms with Gasteiger partial charge < -0.3 is 5.32 Å². The minimum atomic E-state index is -0.0958. The zero-order chi connectivity index (χ0) is 15.1. The zero-order valence-corrected chi connectivity index (χ0v) is 12.6. The Balaban J connectivity index is 1.33. The van der Waals surface area contributed by atoms with Crippen molar-refractivity contribution in [3.63, 3.8) is 0 Å². The quantitative estimate of drug-likeness (QED) is 0.837. The van der Waals surface area contributed by atoms with E-state index in [1.165, 1.54) is 17.5 Å². The molecule has 2 fully saturated rings. The second-order valence-corrected chi connectivity index (χ2v) is 6.77. The monoisotopic (exact) mass is 299 g/mol. The number of hydrogen-bond acceptors (Lipinski definition) is 3. The molecule has 0 radical (unpaired) electrons. The fourth-order valence-electron chi connectivity index (χ4n) is 3.72. The number of nitrogens with one attached hydrogen (secondary N) is 1. The molecule has 1 aromatic heterocycles. The number of nitrogens with zero attached hydrogens (tertiary/aromatic N) is 2. The molecular formula is C17H21N3O2. The number of rotatable bonds is 5. The molecule has 0 aliphatic heterocycles. The van der Waals surface area contributed by atoms with Gasteiger partial charge in [-0.1, -0.05) is 12.2 Å². The Hall–Kier alpha value is -1.91. The van der Waals surface area contributed by atoms with Crippen LogP contribution in [0, 0.1) is 17.8 Å². The highest BCUT2D eigenvalue weighted by Crippen LogP contribution is 2.43. The van der Waals surface area contributed by atoms with E-state index in [9.17, 15) is 9.59 Å². The van der Waals surface area contributed by atoms with Gasteiger partial charge in [-0.2, -0.15) is 5.10 Å². The van der Waals surface area contributed by atoms with Crippen molar-refractivity contribution in [1.29, 1.82) is 0 Å². The first kappa shape index (κ1) is 13.7. The van der Waals surface area contributed by atoms with Gasteiger partial charge in [0, 0.05) is 24.4 Å². The highest BCUT2D eigenvalue weighted by atomic mass is 16.2. The fraction of sp³-hybridized carbons (Fsp3) is 0.588. The molecule has 0 aromatic carbocycles. The van der Waals surface area contributed by atoms with Crippen molar-refractivity contribution < 1.29 is 4.79 Å². The van der Waals surface area contributed by atoms with E-state index in [-0.39, 0.29) is 17.4 Å². The molecule has 1 heterocycles. The summed E-state index contributed by atoms with van der Waals surface area (Å²) < 4.78 is 1.48. The fourth-order valence-corrected chi connectivity index (χ4v) is 3.72. The average Bonchev–Trinajstić information content (AvgIpc) is 3.15. The van der Waals surface area contributed by atoms with Crippen LogP contribution in [-0.4, -0.2) is 22.2 Å². The van der Waals surface area contributed by atoms with E-state index < -0.39 is 0 Å². The van der Waals surface area contributed by atoms with Gasteiger partial charge in [-0.15, -0.1) is 0 Å². The SMILES string of the molecule is O=C(NCCn1nc(C2CC2)ccc1=O)C1CC2C=CC1C2. The maximum absolute atomic E-state index is 12.2. The predicted molar refractivity (Wildman–Crippen MR) is 82.3 cm³/mol. The standard InChI is InChI=1S/C17H21N3O2/c21-16-6-5-15(12-3-4-12)19-20(16)8-7-18-17(22)14-10-11-1-2-13(14)9-11/h1-2,5-6,11-14H,3-4,7-10H2,(H,18,22). The topological polar surface area (TPSA) is 64.0 Å². The molecule has 1 amide bonds. The van der Waals surface area contributed by atoms with Crippen LogP contribution < -0.4 is 10.9 Å². The van der Waals surface area contributed by atoms with Crippen molar-refractivity contribution in [2.75, 3.05) is 6.54 Å². The van der Waals surface area contributed by atoms with Crippen molar-refractivity contribution in [1.82, 2.24) is 15.1 Å². The molecule has 5 nitrogen and oxygen atoms in total. The summed E-state index contributed by atoms with van der Waals surface area (Å²) in [5, 5.41) is 7.39. The molecule has 3 aliphatic carbocycles. The number of allylic oxidation sites excluding steroid dienone is 2. The summed E-state index contributed by atoms with van der Waals surface area (Å²) in [6.07, 6.45) is 8.86. The molecule has 1 aromatic rings. The van der Waals surface area contributed by atoms with Gasteiger partial charge >= 0.3 is 0 Å². The lowest BCUT2D eigenvalue weighted by Crippen LogP contribution is -2.36. The summed E-state index contributed by atoms with van der Waals surface area (Å²) in [5.74, 6) is 1.80. The third-order valence-electron chi connectivity index (χ3n) is 5.12. The van der Waals surface area contributed by atoms with E-state index in [0.29, 0.717) is 30.8 Å². The van der Waals surface area contributed by atoms with Crippen LogP contribution in [0.1, 0.15) is 37.3 Å². The zero-order valence-electron chi connectivity index (χ0n) is 12.6. The van der Waals surface area contributed by atoms with E-state index in [1.807, 2.05) is 6.07 Å². The molecule has 3 unspecified atom stereocenters. The molecule has 3 atom stereocenters. The highest BCUT2D eigenvalue weighted by Gasteiger charge is 2.39. The van der Waals surface area contributed by atoms with Crippen molar-refractivity contribution in [2.24, 2.45) is 17.8 Å². The van der Waals surface area contributed by atoms with Crippen LogP contribution in [0.2, 0.25) is 0 Å². The molecule has 0 saturated heterocycles. The van der Waals surface area contributed by atoms with Crippen LogP contribution >= 0.6 is 0 Å². The first-order valence-electron chi connectivity index (χ1n) is 8.25. The Labute approximate surface area is 129 Å². The first-order chi connectivity index (χ1) is 10.7. The van der Waals surface area contributed by atoms with Gasteiger partial charge in [0.05, 0.1) is 12.2 Å². The maximum Gasteiger partial charge on any atom is 0.266 e. The number of aromatic nitrogens is 2. The third kappa shape index (κ3) is 2.60. The number of fused-ring (bicyclic) bond motifs is 2. The lowest BCUT2D eigenvalue weighted by molar-refractivity contribution is -0.125. The van der Waals surface area contributed by atoms with Crippen LogP contribution in [0.3, 0.4) is 0 Å². The van der Waals surface area contributed by atoms with E-state index in [1.54, 1.807) is 6.07 Å². The third-order valence-corrected chi connectivity index (χ3v) is 5.12. The molecule has 2 bridgehead atoms. The molecule has 0 spiro atoms. The molecule has 1 N–H and O–H groups in total. The molecular weight excluding hydrogens is 278 g/mol. The van der Waals surface area contributed by atoms with Gasteiger partial charge in [0.1, 0.15) is 0 Å². The summed E-state index contributed by atoms with van der Waals surface area (Å²) in [7, 11) is 0. The predicted octanol–water partition coefficient (Wildman–Crippen LogP) is 1.45. The van der Waals surface area contributed by atoms with E-state index in [4.69, 9.17) is 0 Å². The molecule has 3 aliphatic rings. The maximum atomic E-state index is 12.2. The van der Waals surface area contributed by atoms with Crippen molar-refractivity contribution in [3.8, 4) is 0 Å². The van der Waals surface area contributed by atoms with Crippen LogP contribution in [-0.2, 0) is 11.3 Å². The molecule has 4 rings (SSSR count). The summed E-state index contributed by atoms with van der Waals surface area (Å²) in [6, 6.07) is 3.42. The van der Waals surface area contributed by atoms with Crippen LogP contribution in [0.15, 0.2) is 29.1 Å². The van der Waals surface area contributed by atoms with Crippen molar-refractivity contribution >= 4 is 5.91 Å². The minimum Gasteiger partial charge on any atom is -0.354 e. The Bertz CT molecular complexity index is 675. The normalized spacial score (nSPS) is 29.0. The van der Waals surface area contributed by atoms with Gasteiger partial charge in [0.15, 0.2) is 0 Å². The summed E-state index contributed by atoms with van der Waals surface area (Å²) in [6.45, 7) is 0.916. The van der Waals surface area contributed by atoms with E-state index in [0.717, 1.165) is 18.5 Å². The second-order valence-electron chi connectivity index (χ2n) is 6.77. The van der Waals surface area contributed by atoms with Crippen molar-refractivity contribution in [3.05, 3.63) is 40.3 Å². The molecule has 5 heteroatoms. The first-order valence-corrected chi connectivity index (χ1v) is 8.25. The Morgan fingerprint density at radius 1 is 1.27 bits per heavy atom. The van der Waals surface area contributed by atoms with E-state index in [2.05, 4.69) is 22.6 Å². The number of amides is 1. The molecule has 116 valence electrons. The number of carbonyl (C=O) groups excluding carboxylic acids is 1. The van der Waals surface area contributed by atoms with Gasteiger partial charge in [-0.05, 0) is 43.6 Å². The number of carbonyl (C=O) groups is 1. The van der Waals surface area contributed by atoms with Crippen molar-refractivity contribution in [2.45, 2.75) is 38.1 Å². The Kier molecular flexibility index (Phi) is 3.36. The average molecular weight is 299 g/mol. The van der Waals surface area contributed by atoms with E-state index >= 15 is 0 Å². The Morgan fingerprint density at radius 2 is 2.14 bits per heavy atom. The largest absolute Gasteiger partial charge is 0.354 e. The smallest absolute Gasteiger partial charge is 0.266 e. The lowest BCUT2D eigenvalue weighted by Gasteiger charge is -2.17. The van der Waals surface area contributed by atoms with Crippen LogP contribution in [0.25, 0.3) is 0 Å². The highest BCUT2D eigenvalue weighted by molar-refractivity contribution is 5.79. The van der Waals surface area contributed by atoms with Gasteiger partial charge in [-0.3, -0.25) is 9.59 Å². The van der Waals surface area contributed by atoms with Crippen LogP contribution in [0.5, 0.6) is 0 Å². The van der Waals surface area contributed by atoms with Crippen LogP contribution in [0.4, 0.5) is 0 Å². The second kappa shape index (κ2) is 5.38. The summed E-state index contributed by atoms with van der Waals surface area (Å²) in [4.78, 5) is 24.1. The lowest BCUT2D eigenvalue weighted by atomic mass is 9.93. The molecule has 22 heavy (non-hydrogen) atoms. The number of hydrogen-bond donors (Lipinski definition) is 1.